The predicted octanol–water partition coefficient (Wildman–Crippen LogP) is 3.82. The molecule has 0 bridgehead atoms. The van der Waals surface area contributed by atoms with Crippen molar-refractivity contribution in [3.05, 3.63) is 35.8 Å². The third-order valence-electron chi connectivity index (χ3n) is 4.00. The van der Waals surface area contributed by atoms with Crippen LogP contribution < -0.4 is 5.32 Å². The first-order chi connectivity index (χ1) is 8.78. The highest BCUT2D eigenvalue weighted by Crippen LogP contribution is 2.36. The van der Waals surface area contributed by atoms with Crippen LogP contribution >= 0.6 is 0 Å². The largest absolute Gasteiger partial charge is 0.458 e. The fraction of sp³-hybridized carbons (Fsp3) is 0.467. The zero-order valence-electron chi connectivity index (χ0n) is 10.6. The Kier molecular flexibility index (Phi) is 3.08. The second-order valence-corrected chi connectivity index (χ2v) is 5.16. The summed E-state index contributed by atoms with van der Waals surface area (Å²) in [7, 11) is 2.01. The van der Waals surface area contributed by atoms with E-state index in [2.05, 4.69) is 5.32 Å². The fourth-order valence-corrected chi connectivity index (χ4v) is 2.96. The van der Waals surface area contributed by atoms with Crippen LogP contribution in [0.1, 0.15) is 37.4 Å². The maximum absolute atomic E-state index is 13.6. The van der Waals surface area contributed by atoms with Gasteiger partial charge in [0.05, 0.1) is 0 Å². The summed E-state index contributed by atoms with van der Waals surface area (Å²) < 4.78 is 19.3. The second-order valence-electron chi connectivity index (χ2n) is 5.16. The van der Waals surface area contributed by atoms with Crippen molar-refractivity contribution in [1.82, 2.24) is 5.32 Å². The lowest BCUT2D eigenvalue weighted by molar-refractivity contribution is 0.323. The number of halogens is 1. The van der Waals surface area contributed by atoms with Gasteiger partial charge in [0.25, 0.3) is 0 Å². The van der Waals surface area contributed by atoms with Crippen molar-refractivity contribution in [2.45, 2.75) is 37.6 Å². The van der Waals surface area contributed by atoms with Gasteiger partial charge < -0.3 is 9.73 Å². The Morgan fingerprint density at radius 2 is 2.22 bits per heavy atom. The smallest absolute Gasteiger partial charge is 0.169 e. The van der Waals surface area contributed by atoms with E-state index in [1.54, 1.807) is 6.07 Å². The van der Waals surface area contributed by atoms with Crippen molar-refractivity contribution in [1.29, 1.82) is 0 Å². The Morgan fingerprint density at radius 1 is 1.33 bits per heavy atom. The van der Waals surface area contributed by atoms with E-state index in [0.717, 1.165) is 24.0 Å². The van der Waals surface area contributed by atoms with E-state index in [9.17, 15) is 4.39 Å². The Labute approximate surface area is 106 Å². The van der Waals surface area contributed by atoms with Gasteiger partial charge in [0.1, 0.15) is 5.76 Å². The number of hydrogen-bond acceptors (Lipinski definition) is 2. The highest BCUT2D eigenvalue weighted by molar-refractivity contribution is 5.78. The molecule has 0 aliphatic heterocycles. The molecule has 1 fully saturated rings. The molecule has 1 aromatic carbocycles. The first-order valence-electron chi connectivity index (χ1n) is 6.63. The first kappa shape index (κ1) is 11.7. The minimum atomic E-state index is -0.264. The summed E-state index contributed by atoms with van der Waals surface area (Å²) in [6.07, 6.45) is 4.65. The van der Waals surface area contributed by atoms with Gasteiger partial charge in [0.15, 0.2) is 11.4 Å². The van der Waals surface area contributed by atoms with Gasteiger partial charge in [-0.2, -0.15) is 0 Å². The number of furan rings is 1. The number of nitrogens with one attached hydrogen (secondary N) is 1. The van der Waals surface area contributed by atoms with Gasteiger partial charge in [-0.15, -0.1) is 0 Å². The molecule has 1 heterocycles. The molecule has 0 amide bonds. The summed E-state index contributed by atoms with van der Waals surface area (Å²) in [6, 6.07) is 7.65. The van der Waals surface area contributed by atoms with E-state index >= 15 is 0 Å². The van der Waals surface area contributed by atoms with Crippen LogP contribution in [0.25, 0.3) is 11.0 Å². The normalized spacial score (nSPS) is 24.6. The molecule has 0 radical (unpaired) electrons. The highest BCUT2D eigenvalue weighted by Gasteiger charge is 2.25. The van der Waals surface area contributed by atoms with Crippen LogP contribution in [0.3, 0.4) is 0 Å². The number of para-hydroxylation sites is 1. The summed E-state index contributed by atoms with van der Waals surface area (Å²) in [5.74, 6) is 1.10. The van der Waals surface area contributed by atoms with E-state index in [0.29, 0.717) is 17.5 Å². The lowest BCUT2D eigenvalue weighted by Crippen LogP contribution is -2.30. The molecule has 2 aromatic rings. The number of benzene rings is 1. The molecule has 1 aromatic heterocycles. The highest BCUT2D eigenvalue weighted by atomic mass is 19.1. The minimum Gasteiger partial charge on any atom is -0.458 e. The number of rotatable bonds is 2. The van der Waals surface area contributed by atoms with E-state index in [1.807, 2.05) is 19.2 Å². The number of fused-ring (bicyclic) bond motifs is 1. The van der Waals surface area contributed by atoms with Gasteiger partial charge in [-0.05, 0) is 38.4 Å². The zero-order chi connectivity index (χ0) is 12.5. The number of hydrogen-bond donors (Lipinski definition) is 1. The third-order valence-corrected chi connectivity index (χ3v) is 4.00. The molecule has 0 spiro atoms. The van der Waals surface area contributed by atoms with E-state index < -0.39 is 0 Å². The molecule has 96 valence electrons. The Hall–Kier alpha value is -1.35. The molecule has 18 heavy (non-hydrogen) atoms. The van der Waals surface area contributed by atoms with Crippen molar-refractivity contribution >= 4 is 11.0 Å². The van der Waals surface area contributed by atoms with Crippen molar-refractivity contribution in [2.24, 2.45) is 0 Å². The summed E-state index contributed by atoms with van der Waals surface area (Å²) in [5, 5.41) is 4.20. The van der Waals surface area contributed by atoms with E-state index in [1.165, 1.54) is 18.9 Å². The monoisotopic (exact) mass is 247 g/mol. The van der Waals surface area contributed by atoms with Crippen LogP contribution in [-0.4, -0.2) is 13.1 Å². The maximum atomic E-state index is 13.6. The molecule has 1 aliphatic carbocycles. The Morgan fingerprint density at radius 3 is 3.00 bits per heavy atom. The molecule has 0 saturated heterocycles. The molecular weight excluding hydrogens is 229 g/mol. The van der Waals surface area contributed by atoms with Crippen LogP contribution in [0.15, 0.2) is 28.7 Å². The lowest BCUT2D eigenvalue weighted by atomic mass is 9.84. The lowest BCUT2D eigenvalue weighted by Gasteiger charge is -2.27. The van der Waals surface area contributed by atoms with E-state index in [4.69, 9.17) is 4.42 Å². The molecule has 3 heteroatoms. The molecule has 1 N–H and O–H groups in total. The molecule has 1 saturated carbocycles. The predicted molar refractivity (Wildman–Crippen MR) is 70.2 cm³/mol. The van der Waals surface area contributed by atoms with Gasteiger partial charge in [-0.3, -0.25) is 0 Å². The molecule has 3 rings (SSSR count). The molecule has 2 nitrogen and oxygen atoms in total. The average Bonchev–Trinajstić information content (AvgIpc) is 2.84. The quantitative estimate of drug-likeness (QED) is 0.872. The summed E-state index contributed by atoms with van der Waals surface area (Å²) in [4.78, 5) is 0. The summed E-state index contributed by atoms with van der Waals surface area (Å²) in [5.41, 5.74) is 0.402. The maximum Gasteiger partial charge on any atom is 0.169 e. The minimum absolute atomic E-state index is 0.264. The van der Waals surface area contributed by atoms with Crippen molar-refractivity contribution < 1.29 is 8.81 Å². The molecular formula is C15H18FNO. The standard InChI is InChI=1S/C15H18FNO/c1-17-12-6-2-4-10(8-12)14-9-11-5-3-7-13(16)15(11)18-14/h3,5,7,9-10,12,17H,2,4,6,8H2,1H3. The Bertz CT molecular complexity index is 548. The van der Waals surface area contributed by atoms with Gasteiger partial charge in [-0.25, -0.2) is 4.39 Å². The van der Waals surface area contributed by atoms with Crippen molar-refractivity contribution in [2.75, 3.05) is 7.05 Å². The Balaban J connectivity index is 1.92. The van der Waals surface area contributed by atoms with Crippen LogP contribution in [0.5, 0.6) is 0 Å². The second kappa shape index (κ2) is 4.73. The van der Waals surface area contributed by atoms with Gasteiger partial charge in [0, 0.05) is 17.3 Å². The SMILES string of the molecule is CNC1CCCC(c2cc3cccc(F)c3o2)C1. The molecule has 2 unspecified atom stereocenters. The van der Waals surface area contributed by atoms with Crippen LogP contribution in [0.2, 0.25) is 0 Å². The molecule has 2 atom stereocenters. The van der Waals surface area contributed by atoms with Crippen LogP contribution in [-0.2, 0) is 0 Å². The summed E-state index contributed by atoms with van der Waals surface area (Å²) >= 11 is 0. The van der Waals surface area contributed by atoms with Crippen LogP contribution in [0, 0.1) is 5.82 Å². The average molecular weight is 247 g/mol. The molecule has 1 aliphatic rings. The van der Waals surface area contributed by atoms with Gasteiger partial charge in [0.2, 0.25) is 0 Å². The summed E-state index contributed by atoms with van der Waals surface area (Å²) in [6.45, 7) is 0. The van der Waals surface area contributed by atoms with Crippen LogP contribution in [0.4, 0.5) is 4.39 Å². The van der Waals surface area contributed by atoms with Crippen molar-refractivity contribution in [3.63, 3.8) is 0 Å². The van der Waals surface area contributed by atoms with Gasteiger partial charge in [-0.1, -0.05) is 18.6 Å². The van der Waals surface area contributed by atoms with Gasteiger partial charge >= 0.3 is 0 Å². The van der Waals surface area contributed by atoms with E-state index in [-0.39, 0.29) is 5.82 Å². The first-order valence-corrected chi connectivity index (χ1v) is 6.63. The topological polar surface area (TPSA) is 25.2 Å². The third kappa shape index (κ3) is 2.03. The fourth-order valence-electron chi connectivity index (χ4n) is 2.96. The van der Waals surface area contributed by atoms with Crippen molar-refractivity contribution in [3.8, 4) is 0 Å². The zero-order valence-corrected chi connectivity index (χ0v) is 10.6.